The van der Waals surface area contributed by atoms with Crippen molar-refractivity contribution in [3.63, 3.8) is 0 Å². The predicted octanol–water partition coefficient (Wildman–Crippen LogP) is 2.56. The van der Waals surface area contributed by atoms with Gasteiger partial charge in [-0.2, -0.15) is 13.2 Å². The zero-order valence-electron chi connectivity index (χ0n) is 14.6. The summed E-state index contributed by atoms with van der Waals surface area (Å²) in [5.74, 6) is -0.195. The number of piperidine rings is 1. The third kappa shape index (κ3) is 4.11. The summed E-state index contributed by atoms with van der Waals surface area (Å²) in [6.45, 7) is 1.27. The number of alkyl halides is 3. The van der Waals surface area contributed by atoms with E-state index in [2.05, 4.69) is 10.3 Å². The third-order valence-corrected chi connectivity index (χ3v) is 5.47. The largest absolute Gasteiger partial charge is 0.419 e. The Balaban J connectivity index is 1.69. The molecular formula is C18H25F3N4O. The second-order valence-electron chi connectivity index (χ2n) is 7.20. The number of hydrogen-bond acceptors (Lipinski definition) is 4. The number of hydrogen-bond donors (Lipinski definition) is 2. The lowest BCUT2D eigenvalue weighted by Crippen LogP contribution is -2.48. The molecule has 1 aliphatic carbocycles. The highest BCUT2D eigenvalue weighted by Gasteiger charge is 2.38. The van der Waals surface area contributed by atoms with Crippen LogP contribution in [-0.2, 0) is 11.0 Å². The first kappa shape index (κ1) is 18.9. The summed E-state index contributed by atoms with van der Waals surface area (Å²) in [6, 6.07) is 2.41. The molecule has 2 heterocycles. The lowest BCUT2D eigenvalue weighted by molar-refractivity contribution is -0.137. The Kier molecular flexibility index (Phi) is 5.70. The smallest absolute Gasteiger partial charge is 0.355 e. The summed E-state index contributed by atoms with van der Waals surface area (Å²) < 4.78 is 39.8. The fourth-order valence-electron chi connectivity index (χ4n) is 4.06. The maximum Gasteiger partial charge on any atom is 0.419 e. The van der Waals surface area contributed by atoms with Crippen molar-refractivity contribution in [1.82, 2.24) is 10.3 Å². The van der Waals surface area contributed by atoms with E-state index in [0.717, 1.165) is 25.3 Å². The molecule has 1 amide bonds. The van der Waals surface area contributed by atoms with Crippen LogP contribution in [0.15, 0.2) is 18.3 Å². The van der Waals surface area contributed by atoms with Gasteiger partial charge in [-0.25, -0.2) is 4.98 Å². The highest BCUT2D eigenvalue weighted by atomic mass is 19.4. The molecule has 0 aromatic carbocycles. The normalized spacial score (nSPS) is 26.8. The first-order chi connectivity index (χ1) is 12.4. The van der Waals surface area contributed by atoms with Gasteiger partial charge in [0.1, 0.15) is 5.82 Å². The van der Waals surface area contributed by atoms with Crippen molar-refractivity contribution >= 4 is 11.7 Å². The number of aromatic nitrogens is 1. The lowest BCUT2D eigenvalue weighted by atomic mass is 9.95. The molecule has 8 heteroatoms. The van der Waals surface area contributed by atoms with Crippen LogP contribution in [-0.4, -0.2) is 36.6 Å². The Morgan fingerprint density at radius 3 is 2.85 bits per heavy atom. The molecule has 144 valence electrons. The van der Waals surface area contributed by atoms with Crippen LogP contribution in [0.5, 0.6) is 0 Å². The van der Waals surface area contributed by atoms with E-state index in [9.17, 15) is 18.0 Å². The van der Waals surface area contributed by atoms with Crippen molar-refractivity contribution in [2.24, 2.45) is 17.6 Å². The van der Waals surface area contributed by atoms with E-state index < -0.39 is 11.7 Å². The van der Waals surface area contributed by atoms with Crippen molar-refractivity contribution in [2.45, 2.75) is 44.3 Å². The molecule has 3 atom stereocenters. The average molecular weight is 370 g/mol. The van der Waals surface area contributed by atoms with Gasteiger partial charge in [0.25, 0.3) is 0 Å². The SMILES string of the molecule is NC[C@@H]1CCC[C@@H]1NC(=O)[C@H]1CCCN(c2ncccc2C(F)(F)F)C1. The number of halogens is 3. The molecular weight excluding hydrogens is 345 g/mol. The molecule has 0 unspecified atom stereocenters. The topological polar surface area (TPSA) is 71.2 Å². The van der Waals surface area contributed by atoms with Gasteiger partial charge in [0.2, 0.25) is 5.91 Å². The van der Waals surface area contributed by atoms with E-state index in [1.807, 2.05) is 0 Å². The molecule has 2 aliphatic rings. The van der Waals surface area contributed by atoms with Crippen LogP contribution in [0.3, 0.4) is 0 Å². The molecule has 5 nitrogen and oxygen atoms in total. The number of nitrogens with one attached hydrogen (secondary N) is 1. The average Bonchev–Trinajstić information content (AvgIpc) is 3.08. The van der Waals surface area contributed by atoms with Crippen LogP contribution in [0.1, 0.15) is 37.7 Å². The Labute approximate surface area is 151 Å². The first-order valence-electron chi connectivity index (χ1n) is 9.17. The van der Waals surface area contributed by atoms with Gasteiger partial charge in [0, 0.05) is 25.3 Å². The molecule has 1 aromatic heterocycles. The van der Waals surface area contributed by atoms with Crippen molar-refractivity contribution in [3.8, 4) is 0 Å². The Morgan fingerprint density at radius 2 is 2.12 bits per heavy atom. The van der Waals surface area contributed by atoms with Gasteiger partial charge in [-0.1, -0.05) is 6.42 Å². The number of carbonyl (C=O) groups excluding carboxylic acids is 1. The van der Waals surface area contributed by atoms with Gasteiger partial charge in [0.15, 0.2) is 0 Å². The molecule has 2 fully saturated rings. The third-order valence-electron chi connectivity index (χ3n) is 5.47. The Morgan fingerprint density at radius 1 is 1.31 bits per heavy atom. The van der Waals surface area contributed by atoms with Crippen LogP contribution in [0, 0.1) is 11.8 Å². The first-order valence-corrected chi connectivity index (χ1v) is 9.17. The van der Waals surface area contributed by atoms with Crippen LogP contribution in [0.4, 0.5) is 19.0 Å². The minimum absolute atomic E-state index is 0.0791. The summed E-state index contributed by atoms with van der Waals surface area (Å²) in [4.78, 5) is 18.2. The summed E-state index contributed by atoms with van der Waals surface area (Å²) >= 11 is 0. The van der Waals surface area contributed by atoms with E-state index in [4.69, 9.17) is 5.73 Å². The number of carbonyl (C=O) groups is 1. The van der Waals surface area contributed by atoms with Crippen LogP contribution < -0.4 is 16.0 Å². The molecule has 26 heavy (non-hydrogen) atoms. The van der Waals surface area contributed by atoms with E-state index in [1.54, 1.807) is 4.90 Å². The minimum Gasteiger partial charge on any atom is -0.355 e. The lowest BCUT2D eigenvalue weighted by Gasteiger charge is -2.35. The fourth-order valence-corrected chi connectivity index (χ4v) is 4.06. The summed E-state index contributed by atoms with van der Waals surface area (Å²) in [5.41, 5.74) is 5.01. The van der Waals surface area contributed by atoms with E-state index in [0.29, 0.717) is 31.8 Å². The number of anilines is 1. The Bertz CT molecular complexity index is 637. The van der Waals surface area contributed by atoms with Crippen molar-refractivity contribution in [1.29, 1.82) is 0 Å². The van der Waals surface area contributed by atoms with Crippen molar-refractivity contribution in [3.05, 3.63) is 23.9 Å². The highest BCUT2D eigenvalue weighted by Crippen LogP contribution is 2.36. The monoisotopic (exact) mass is 370 g/mol. The number of amides is 1. The number of nitrogens with two attached hydrogens (primary N) is 1. The summed E-state index contributed by atoms with van der Waals surface area (Å²) in [6.07, 6.45) is 1.22. The maximum absolute atomic E-state index is 13.3. The van der Waals surface area contributed by atoms with Crippen molar-refractivity contribution in [2.75, 3.05) is 24.5 Å². The molecule has 1 saturated heterocycles. The second kappa shape index (κ2) is 7.82. The Hall–Kier alpha value is -1.83. The maximum atomic E-state index is 13.3. The van der Waals surface area contributed by atoms with Crippen LogP contribution in [0.2, 0.25) is 0 Å². The van der Waals surface area contributed by atoms with Gasteiger partial charge in [-0.15, -0.1) is 0 Å². The molecule has 0 bridgehead atoms. The quantitative estimate of drug-likeness (QED) is 0.855. The standard InChI is InChI=1S/C18H25F3N4O/c19-18(20,21)14-6-2-8-23-16(14)25-9-3-5-13(11-25)17(26)24-15-7-1-4-12(15)10-22/h2,6,8,12-13,15H,1,3-5,7,9-11,22H2,(H,24,26)/t12-,13-,15-/m0/s1. The van der Waals surface area contributed by atoms with Gasteiger partial charge >= 0.3 is 6.18 Å². The van der Waals surface area contributed by atoms with Gasteiger partial charge in [-0.05, 0) is 50.3 Å². The molecule has 0 radical (unpaired) electrons. The second-order valence-corrected chi connectivity index (χ2v) is 7.20. The molecule has 1 aliphatic heterocycles. The van der Waals surface area contributed by atoms with Gasteiger partial charge in [0.05, 0.1) is 11.5 Å². The number of nitrogens with zero attached hydrogens (tertiary/aromatic N) is 2. The summed E-state index contributed by atoms with van der Waals surface area (Å²) in [7, 11) is 0. The fraction of sp³-hybridized carbons (Fsp3) is 0.667. The van der Waals surface area contributed by atoms with E-state index in [1.165, 1.54) is 12.3 Å². The predicted molar refractivity (Wildman–Crippen MR) is 92.5 cm³/mol. The number of pyridine rings is 1. The minimum atomic E-state index is -4.46. The molecule has 1 saturated carbocycles. The number of rotatable bonds is 4. The zero-order valence-corrected chi connectivity index (χ0v) is 14.6. The highest BCUT2D eigenvalue weighted by molar-refractivity contribution is 5.80. The molecule has 0 spiro atoms. The van der Waals surface area contributed by atoms with Crippen LogP contribution >= 0.6 is 0 Å². The molecule has 3 rings (SSSR count). The van der Waals surface area contributed by atoms with E-state index >= 15 is 0 Å². The van der Waals surface area contributed by atoms with Crippen molar-refractivity contribution < 1.29 is 18.0 Å². The van der Waals surface area contributed by atoms with Crippen LogP contribution in [0.25, 0.3) is 0 Å². The summed E-state index contributed by atoms with van der Waals surface area (Å²) in [5, 5.41) is 3.08. The van der Waals surface area contributed by atoms with E-state index in [-0.39, 0.29) is 30.2 Å². The zero-order chi connectivity index (χ0) is 18.7. The molecule has 3 N–H and O–H groups in total. The van der Waals surface area contributed by atoms with Gasteiger partial charge in [-0.3, -0.25) is 4.79 Å². The molecule has 1 aromatic rings. The van der Waals surface area contributed by atoms with Gasteiger partial charge < -0.3 is 16.0 Å².